The van der Waals surface area contributed by atoms with Crippen LogP contribution in [0.3, 0.4) is 0 Å². The number of imidazole rings is 1. The topological polar surface area (TPSA) is 107 Å². The zero-order valence-corrected chi connectivity index (χ0v) is 14.9. The van der Waals surface area contributed by atoms with E-state index in [0.717, 1.165) is 5.52 Å². The van der Waals surface area contributed by atoms with Gasteiger partial charge in [-0.2, -0.15) is 0 Å². The first-order valence-corrected chi connectivity index (χ1v) is 8.32. The van der Waals surface area contributed by atoms with Crippen LogP contribution in [0.1, 0.15) is 16.8 Å². The Bertz CT molecular complexity index is 981. The summed E-state index contributed by atoms with van der Waals surface area (Å²) >= 11 is 5.86. The lowest BCUT2D eigenvalue weighted by Gasteiger charge is -2.17. The Labute approximate surface area is 155 Å². The molecule has 2 aromatic carbocycles. The van der Waals surface area contributed by atoms with Gasteiger partial charge in [-0.25, -0.2) is 4.98 Å². The second-order valence-electron chi connectivity index (χ2n) is 5.88. The van der Waals surface area contributed by atoms with Crippen LogP contribution in [0.25, 0.3) is 11.0 Å². The molecule has 0 radical (unpaired) electrons. The minimum Gasteiger partial charge on any atom is -0.370 e. The summed E-state index contributed by atoms with van der Waals surface area (Å²) in [5.74, 6) is -0.275. The number of carbonyl (C=O) groups excluding carboxylic acids is 2. The largest absolute Gasteiger partial charge is 0.370 e. The fraction of sp³-hybridized carbons (Fsp3) is 0.167. The van der Waals surface area contributed by atoms with Gasteiger partial charge in [0.25, 0.3) is 5.91 Å². The van der Waals surface area contributed by atoms with Crippen LogP contribution in [-0.4, -0.2) is 28.4 Å². The van der Waals surface area contributed by atoms with E-state index in [2.05, 4.69) is 4.98 Å². The van der Waals surface area contributed by atoms with Crippen molar-refractivity contribution in [1.82, 2.24) is 9.55 Å². The number of nitrogens with zero attached hydrogens (tertiary/aromatic N) is 3. The van der Waals surface area contributed by atoms with Gasteiger partial charge in [0.15, 0.2) is 0 Å². The Morgan fingerprint density at radius 2 is 1.88 bits per heavy atom. The SMILES string of the molecule is CN(C(=O)c1ccc(Cl)cc1)c1ccc2c(c1)nc(N)n2CCC(N)=O. The molecular weight excluding hydrogens is 354 g/mol. The summed E-state index contributed by atoms with van der Waals surface area (Å²) in [6.45, 7) is 0.358. The van der Waals surface area contributed by atoms with E-state index >= 15 is 0 Å². The molecule has 134 valence electrons. The average Bonchev–Trinajstić information content (AvgIpc) is 2.93. The summed E-state index contributed by atoms with van der Waals surface area (Å²) in [5.41, 5.74) is 13.8. The number of anilines is 2. The van der Waals surface area contributed by atoms with Crippen LogP contribution < -0.4 is 16.4 Å². The number of primary amides is 1. The van der Waals surface area contributed by atoms with Gasteiger partial charge in [-0.1, -0.05) is 11.6 Å². The van der Waals surface area contributed by atoms with Gasteiger partial charge in [-0.3, -0.25) is 9.59 Å². The number of nitrogen functional groups attached to an aromatic ring is 1. The summed E-state index contributed by atoms with van der Waals surface area (Å²) in [5, 5.41) is 0.572. The lowest BCUT2D eigenvalue weighted by Crippen LogP contribution is -2.26. The monoisotopic (exact) mass is 371 g/mol. The highest BCUT2D eigenvalue weighted by Crippen LogP contribution is 2.25. The lowest BCUT2D eigenvalue weighted by atomic mass is 10.2. The van der Waals surface area contributed by atoms with E-state index in [9.17, 15) is 9.59 Å². The molecule has 0 aliphatic carbocycles. The molecule has 0 bridgehead atoms. The maximum atomic E-state index is 12.6. The number of aromatic nitrogens is 2. The standard InChI is InChI=1S/C18H18ClN5O2/c1-23(17(26)11-2-4-12(19)5-3-11)13-6-7-15-14(10-13)22-18(21)24(15)9-8-16(20)25/h2-7,10H,8-9H2,1H3,(H2,20,25)(H2,21,22). The molecule has 0 spiro atoms. The van der Waals surface area contributed by atoms with Crippen molar-refractivity contribution in [2.24, 2.45) is 5.73 Å². The molecule has 0 aliphatic rings. The van der Waals surface area contributed by atoms with Gasteiger partial charge in [0.05, 0.1) is 11.0 Å². The third kappa shape index (κ3) is 3.48. The molecule has 8 heteroatoms. The van der Waals surface area contributed by atoms with Crippen LogP contribution in [-0.2, 0) is 11.3 Å². The smallest absolute Gasteiger partial charge is 0.258 e. The van der Waals surface area contributed by atoms with Gasteiger partial charge in [0.2, 0.25) is 11.9 Å². The molecule has 0 aliphatic heterocycles. The quantitative estimate of drug-likeness (QED) is 0.718. The predicted octanol–water partition coefficient (Wildman–Crippen LogP) is 2.42. The highest BCUT2D eigenvalue weighted by molar-refractivity contribution is 6.30. The number of aryl methyl sites for hydroxylation is 1. The van der Waals surface area contributed by atoms with Crippen LogP contribution in [0.4, 0.5) is 11.6 Å². The van der Waals surface area contributed by atoms with Gasteiger partial charge < -0.3 is 20.9 Å². The molecule has 1 aromatic heterocycles. The first kappa shape index (κ1) is 17.8. The number of hydrogen-bond acceptors (Lipinski definition) is 4. The Morgan fingerprint density at radius 1 is 1.19 bits per heavy atom. The minimum absolute atomic E-state index is 0.165. The summed E-state index contributed by atoms with van der Waals surface area (Å²) in [6.07, 6.45) is 0.173. The fourth-order valence-corrected chi connectivity index (χ4v) is 2.83. The summed E-state index contributed by atoms with van der Waals surface area (Å²) in [6, 6.07) is 12.1. The number of rotatable bonds is 5. The van der Waals surface area contributed by atoms with Crippen molar-refractivity contribution in [2.45, 2.75) is 13.0 Å². The van der Waals surface area contributed by atoms with Gasteiger partial charge >= 0.3 is 0 Å². The van der Waals surface area contributed by atoms with Crippen molar-refractivity contribution >= 4 is 46.1 Å². The molecule has 7 nitrogen and oxygen atoms in total. The number of halogens is 1. The number of amides is 2. The van der Waals surface area contributed by atoms with Crippen LogP contribution in [0.2, 0.25) is 5.02 Å². The molecule has 26 heavy (non-hydrogen) atoms. The van der Waals surface area contributed by atoms with Gasteiger partial charge in [-0.15, -0.1) is 0 Å². The fourth-order valence-electron chi connectivity index (χ4n) is 2.71. The Balaban J connectivity index is 1.90. The number of fused-ring (bicyclic) bond motifs is 1. The highest BCUT2D eigenvalue weighted by Gasteiger charge is 2.16. The second kappa shape index (κ2) is 7.05. The molecule has 0 saturated heterocycles. The van der Waals surface area contributed by atoms with Crippen molar-refractivity contribution in [3.8, 4) is 0 Å². The van der Waals surface area contributed by atoms with Crippen LogP contribution >= 0.6 is 11.6 Å². The molecule has 3 aromatic rings. The van der Waals surface area contributed by atoms with Crippen LogP contribution in [0.15, 0.2) is 42.5 Å². The van der Waals surface area contributed by atoms with Gasteiger partial charge in [0, 0.05) is 36.3 Å². The number of nitrogens with two attached hydrogens (primary N) is 2. The molecule has 0 saturated carbocycles. The zero-order valence-electron chi connectivity index (χ0n) is 14.1. The zero-order chi connectivity index (χ0) is 18.8. The predicted molar refractivity (Wildman–Crippen MR) is 102 cm³/mol. The third-order valence-electron chi connectivity index (χ3n) is 4.13. The first-order valence-electron chi connectivity index (χ1n) is 7.94. The van der Waals surface area contributed by atoms with Crippen LogP contribution in [0.5, 0.6) is 0 Å². The number of benzene rings is 2. The minimum atomic E-state index is -0.406. The molecule has 4 N–H and O–H groups in total. The van der Waals surface area contributed by atoms with E-state index in [0.29, 0.717) is 34.3 Å². The van der Waals surface area contributed by atoms with E-state index in [1.165, 1.54) is 4.90 Å². The summed E-state index contributed by atoms with van der Waals surface area (Å²) in [4.78, 5) is 29.5. The number of carbonyl (C=O) groups is 2. The second-order valence-corrected chi connectivity index (χ2v) is 6.32. The molecule has 3 rings (SSSR count). The summed E-state index contributed by atoms with van der Waals surface area (Å²) in [7, 11) is 1.69. The van der Waals surface area contributed by atoms with E-state index in [4.69, 9.17) is 23.1 Å². The molecule has 0 fully saturated rings. The Kier molecular flexibility index (Phi) is 4.81. The van der Waals surface area contributed by atoms with Crippen molar-refractivity contribution in [1.29, 1.82) is 0 Å². The van der Waals surface area contributed by atoms with Gasteiger partial charge in [0.1, 0.15) is 0 Å². The normalized spacial score (nSPS) is 10.8. The van der Waals surface area contributed by atoms with E-state index in [1.54, 1.807) is 48.0 Å². The van der Waals surface area contributed by atoms with Crippen LogP contribution in [0, 0.1) is 0 Å². The Hall–Kier alpha value is -3.06. The molecular formula is C18H18ClN5O2. The maximum absolute atomic E-state index is 12.6. The van der Waals surface area contributed by atoms with Crippen molar-refractivity contribution in [3.05, 3.63) is 53.1 Å². The van der Waals surface area contributed by atoms with E-state index in [-0.39, 0.29) is 12.3 Å². The third-order valence-corrected chi connectivity index (χ3v) is 4.38. The van der Waals surface area contributed by atoms with Crippen molar-refractivity contribution < 1.29 is 9.59 Å². The lowest BCUT2D eigenvalue weighted by molar-refractivity contribution is -0.118. The highest BCUT2D eigenvalue weighted by atomic mass is 35.5. The summed E-state index contributed by atoms with van der Waals surface area (Å²) < 4.78 is 1.73. The molecule has 0 atom stereocenters. The Morgan fingerprint density at radius 3 is 2.54 bits per heavy atom. The molecule has 0 unspecified atom stereocenters. The van der Waals surface area contributed by atoms with Gasteiger partial charge in [-0.05, 0) is 42.5 Å². The van der Waals surface area contributed by atoms with E-state index in [1.807, 2.05) is 6.07 Å². The molecule has 2 amide bonds. The van der Waals surface area contributed by atoms with Crippen molar-refractivity contribution in [3.63, 3.8) is 0 Å². The van der Waals surface area contributed by atoms with E-state index < -0.39 is 5.91 Å². The number of hydrogen-bond donors (Lipinski definition) is 2. The molecule has 1 heterocycles. The first-order chi connectivity index (χ1) is 12.4. The van der Waals surface area contributed by atoms with Crippen molar-refractivity contribution in [2.75, 3.05) is 17.7 Å². The maximum Gasteiger partial charge on any atom is 0.258 e. The average molecular weight is 372 g/mol.